The van der Waals surface area contributed by atoms with Gasteiger partial charge in [0.2, 0.25) is 0 Å². The molecule has 1 aliphatic carbocycles. The molecule has 4 nitrogen and oxygen atoms in total. The molecule has 0 bridgehead atoms. The molecule has 2 fully saturated rings. The molecule has 1 atom stereocenters. The fourth-order valence-corrected chi connectivity index (χ4v) is 3.95. The van der Waals surface area contributed by atoms with E-state index < -0.39 is 9.84 Å². The molecule has 0 aromatic carbocycles. The summed E-state index contributed by atoms with van der Waals surface area (Å²) in [7, 11) is -2.73. The molecule has 0 amide bonds. The first-order valence-electron chi connectivity index (χ1n) is 5.24. The van der Waals surface area contributed by atoms with Gasteiger partial charge in [0.1, 0.15) is 0 Å². The average molecular weight is 218 g/mol. The SMILES string of the molecule is NC1CC(CNC2CCS(=O)(=O)C2)C1. The molecular weight excluding hydrogens is 200 g/mol. The number of hydrogen-bond donors (Lipinski definition) is 2. The maximum Gasteiger partial charge on any atom is 0.151 e. The first-order valence-corrected chi connectivity index (χ1v) is 7.07. The molecule has 82 valence electrons. The van der Waals surface area contributed by atoms with Crippen LogP contribution in [-0.2, 0) is 9.84 Å². The first-order chi connectivity index (χ1) is 6.55. The number of hydrogen-bond acceptors (Lipinski definition) is 4. The molecule has 0 spiro atoms. The molecular formula is C9H18N2O2S. The quantitative estimate of drug-likeness (QED) is 0.670. The van der Waals surface area contributed by atoms with E-state index in [2.05, 4.69) is 5.32 Å². The lowest BCUT2D eigenvalue weighted by Crippen LogP contribution is -2.44. The topological polar surface area (TPSA) is 72.2 Å². The Bertz CT molecular complexity index is 296. The normalized spacial score (nSPS) is 40.8. The molecule has 1 unspecified atom stereocenters. The molecule has 3 N–H and O–H groups in total. The van der Waals surface area contributed by atoms with E-state index in [0.29, 0.717) is 23.5 Å². The summed E-state index contributed by atoms with van der Waals surface area (Å²) in [6.07, 6.45) is 2.96. The van der Waals surface area contributed by atoms with E-state index in [1.165, 1.54) is 0 Å². The van der Waals surface area contributed by atoms with Crippen molar-refractivity contribution < 1.29 is 8.42 Å². The Labute approximate surface area is 85.2 Å². The van der Waals surface area contributed by atoms with Crippen molar-refractivity contribution in [2.24, 2.45) is 11.7 Å². The van der Waals surface area contributed by atoms with Crippen LogP contribution in [-0.4, -0.2) is 38.6 Å². The van der Waals surface area contributed by atoms with E-state index in [0.717, 1.165) is 25.8 Å². The van der Waals surface area contributed by atoms with Crippen LogP contribution in [0.5, 0.6) is 0 Å². The highest BCUT2D eigenvalue weighted by Crippen LogP contribution is 2.25. The van der Waals surface area contributed by atoms with Crippen molar-refractivity contribution in [1.82, 2.24) is 5.32 Å². The van der Waals surface area contributed by atoms with Crippen LogP contribution in [0, 0.1) is 5.92 Å². The largest absolute Gasteiger partial charge is 0.328 e. The lowest BCUT2D eigenvalue weighted by molar-refractivity contribution is 0.250. The van der Waals surface area contributed by atoms with Gasteiger partial charge in [0, 0.05) is 12.1 Å². The number of rotatable bonds is 3. The van der Waals surface area contributed by atoms with Gasteiger partial charge in [0.05, 0.1) is 11.5 Å². The summed E-state index contributed by atoms with van der Waals surface area (Å²) in [5.41, 5.74) is 5.67. The van der Waals surface area contributed by atoms with E-state index in [-0.39, 0.29) is 6.04 Å². The molecule has 0 aromatic rings. The first kappa shape index (κ1) is 10.4. The highest BCUT2D eigenvalue weighted by Gasteiger charge is 2.30. The van der Waals surface area contributed by atoms with Gasteiger partial charge >= 0.3 is 0 Å². The van der Waals surface area contributed by atoms with Gasteiger partial charge in [0.15, 0.2) is 9.84 Å². The lowest BCUT2D eigenvalue weighted by atomic mass is 9.81. The zero-order valence-corrected chi connectivity index (χ0v) is 9.09. The highest BCUT2D eigenvalue weighted by atomic mass is 32.2. The standard InChI is InChI=1S/C9H18N2O2S/c10-8-3-7(4-8)5-11-9-1-2-14(12,13)6-9/h7-9,11H,1-6,10H2. The van der Waals surface area contributed by atoms with Gasteiger partial charge in [0.25, 0.3) is 0 Å². The Morgan fingerprint density at radius 2 is 2.07 bits per heavy atom. The zero-order chi connectivity index (χ0) is 10.2. The third-order valence-corrected chi connectivity index (χ3v) is 4.97. The van der Waals surface area contributed by atoms with Crippen LogP contribution < -0.4 is 11.1 Å². The molecule has 0 aromatic heterocycles. The Hall–Kier alpha value is -0.130. The van der Waals surface area contributed by atoms with E-state index in [9.17, 15) is 8.42 Å². The van der Waals surface area contributed by atoms with Gasteiger partial charge in [-0.15, -0.1) is 0 Å². The number of nitrogens with two attached hydrogens (primary N) is 1. The van der Waals surface area contributed by atoms with Crippen molar-refractivity contribution in [3.8, 4) is 0 Å². The van der Waals surface area contributed by atoms with Crippen molar-refractivity contribution in [2.75, 3.05) is 18.1 Å². The summed E-state index contributed by atoms with van der Waals surface area (Å²) in [5, 5.41) is 3.32. The predicted octanol–water partition coefficient (Wildman–Crippen LogP) is -0.500. The molecule has 0 radical (unpaired) electrons. The van der Waals surface area contributed by atoms with E-state index in [4.69, 9.17) is 5.73 Å². The van der Waals surface area contributed by atoms with Gasteiger partial charge in [-0.2, -0.15) is 0 Å². The molecule has 1 saturated carbocycles. The van der Waals surface area contributed by atoms with Gasteiger partial charge in [-0.3, -0.25) is 0 Å². The van der Waals surface area contributed by atoms with Crippen LogP contribution in [0.1, 0.15) is 19.3 Å². The molecule has 1 heterocycles. The van der Waals surface area contributed by atoms with Crippen molar-refractivity contribution in [3.63, 3.8) is 0 Å². The number of nitrogens with one attached hydrogen (secondary N) is 1. The molecule has 2 rings (SSSR count). The molecule has 5 heteroatoms. The van der Waals surface area contributed by atoms with Gasteiger partial charge in [-0.05, 0) is 31.7 Å². The van der Waals surface area contributed by atoms with Gasteiger partial charge < -0.3 is 11.1 Å². The second kappa shape index (κ2) is 3.79. The minimum Gasteiger partial charge on any atom is -0.328 e. The van der Waals surface area contributed by atoms with Crippen LogP contribution in [0.25, 0.3) is 0 Å². The fraction of sp³-hybridized carbons (Fsp3) is 1.00. The maximum absolute atomic E-state index is 11.2. The van der Waals surface area contributed by atoms with E-state index in [1.54, 1.807) is 0 Å². The molecule has 2 aliphatic rings. The van der Waals surface area contributed by atoms with Crippen molar-refractivity contribution in [1.29, 1.82) is 0 Å². The summed E-state index contributed by atoms with van der Waals surface area (Å²) in [6, 6.07) is 0.575. The third-order valence-electron chi connectivity index (χ3n) is 3.20. The second-order valence-corrected chi connectivity index (χ2v) is 6.83. The molecule has 14 heavy (non-hydrogen) atoms. The Morgan fingerprint density at radius 1 is 1.36 bits per heavy atom. The predicted molar refractivity (Wildman–Crippen MR) is 55.8 cm³/mol. The fourth-order valence-electron chi connectivity index (χ4n) is 2.24. The summed E-state index contributed by atoms with van der Waals surface area (Å²) in [5.74, 6) is 1.36. The van der Waals surface area contributed by atoms with Crippen LogP contribution in [0.15, 0.2) is 0 Å². The summed E-state index contributed by atoms with van der Waals surface area (Å²) in [6.45, 7) is 0.938. The molecule has 1 saturated heterocycles. The maximum atomic E-state index is 11.2. The minimum absolute atomic E-state index is 0.192. The summed E-state index contributed by atoms with van der Waals surface area (Å²) >= 11 is 0. The van der Waals surface area contributed by atoms with Crippen LogP contribution >= 0.6 is 0 Å². The molecule has 1 aliphatic heterocycles. The monoisotopic (exact) mass is 218 g/mol. The van der Waals surface area contributed by atoms with Crippen molar-refractivity contribution >= 4 is 9.84 Å². The summed E-state index contributed by atoms with van der Waals surface area (Å²) < 4.78 is 22.3. The van der Waals surface area contributed by atoms with Crippen LogP contribution in [0.3, 0.4) is 0 Å². The zero-order valence-electron chi connectivity index (χ0n) is 8.28. The van der Waals surface area contributed by atoms with E-state index >= 15 is 0 Å². The smallest absolute Gasteiger partial charge is 0.151 e. The van der Waals surface area contributed by atoms with Crippen molar-refractivity contribution in [3.05, 3.63) is 0 Å². The average Bonchev–Trinajstić information content (AvgIpc) is 2.37. The van der Waals surface area contributed by atoms with Gasteiger partial charge in [-0.1, -0.05) is 0 Å². The van der Waals surface area contributed by atoms with E-state index in [1.807, 2.05) is 0 Å². The number of sulfone groups is 1. The lowest BCUT2D eigenvalue weighted by Gasteiger charge is -2.33. The summed E-state index contributed by atoms with van der Waals surface area (Å²) in [4.78, 5) is 0. The second-order valence-electron chi connectivity index (χ2n) is 4.61. The van der Waals surface area contributed by atoms with Crippen molar-refractivity contribution in [2.45, 2.75) is 31.3 Å². The van der Waals surface area contributed by atoms with Crippen LogP contribution in [0.4, 0.5) is 0 Å². The highest BCUT2D eigenvalue weighted by molar-refractivity contribution is 7.91. The Morgan fingerprint density at radius 3 is 2.57 bits per heavy atom. The Kier molecular flexibility index (Phi) is 2.81. The van der Waals surface area contributed by atoms with Gasteiger partial charge in [-0.25, -0.2) is 8.42 Å². The third kappa shape index (κ3) is 2.46. The van der Waals surface area contributed by atoms with Crippen LogP contribution in [0.2, 0.25) is 0 Å². The minimum atomic E-state index is -2.73. The Balaban J connectivity index is 1.67.